The van der Waals surface area contributed by atoms with E-state index >= 15 is 0 Å². The van der Waals surface area contributed by atoms with Gasteiger partial charge in [-0.1, -0.05) is 0 Å². The fourth-order valence-corrected chi connectivity index (χ4v) is 3.64. The first kappa shape index (κ1) is 20.2. The molecule has 5 atom stereocenters. The van der Waals surface area contributed by atoms with E-state index in [0.29, 0.717) is 5.56 Å². The molecule has 3 aromatic rings. The summed E-state index contributed by atoms with van der Waals surface area (Å²) in [4.78, 5) is 12.7. The van der Waals surface area contributed by atoms with Crippen molar-refractivity contribution in [2.45, 2.75) is 37.4 Å². The van der Waals surface area contributed by atoms with Crippen LogP contribution >= 0.6 is 0 Å². The monoisotopic (exact) mass is 416 g/mol. The molecular formula is C21H20O9. The summed E-state index contributed by atoms with van der Waals surface area (Å²) >= 11 is 0. The summed E-state index contributed by atoms with van der Waals surface area (Å²) < 4.78 is 11.1. The first-order valence-corrected chi connectivity index (χ1v) is 9.20. The van der Waals surface area contributed by atoms with E-state index in [-0.39, 0.29) is 28.0 Å². The van der Waals surface area contributed by atoms with E-state index in [0.717, 1.165) is 12.1 Å². The van der Waals surface area contributed by atoms with Gasteiger partial charge < -0.3 is 39.8 Å². The highest BCUT2D eigenvalue weighted by atomic mass is 16.5. The number of ether oxygens (including phenoxy) is 1. The first-order valence-electron chi connectivity index (χ1n) is 9.20. The molecule has 0 bridgehead atoms. The Bertz CT molecular complexity index is 1150. The summed E-state index contributed by atoms with van der Waals surface area (Å²) in [5.74, 6) is -0.990. The third-order valence-electron chi connectivity index (χ3n) is 5.30. The molecule has 1 aliphatic heterocycles. The van der Waals surface area contributed by atoms with Crippen LogP contribution in [0.2, 0.25) is 0 Å². The molecule has 0 aliphatic carbocycles. The Morgan fingerprint density at radius 1 is 0.900 bits per heavy atom. The van der Waals surface area contributed by atoms with Crippen LogP contribution in [-0.4, -0.2) is 55.1 Å². The van der Waals surface area contributed by atoms with Crippen molar-refractivity contribution in [2.24, 2.45) is 0 Å². The molecule has 9 heteroatoms. The van der Waals surface area contributed by atoms with Crippen molar-refractivity contribution < 1.29 is 39.8 Å². The van der Waals surface area contributed by atoms with Gasteiger partial charge in [-0.25, -0.2) is 0 Å². The molecular weight excluding hydrogens is 396 g/mol. The minimum absolute atomic E-state index is 0.0365. The Morgan fingerprint density at radius 2 is 1.57 bits per heavy atom. The van der Waals surface area contributed by atoms with Gasteiger partial charge in [0.2, 0.25) is 0 Å². The molecule has 0 spiro atoms. The first-order chi connectivity index (χ1) is 14.2. The van der Waals surface area contributed by atoms with Crippen LogP contribution in [0, 0.1) is 0 Å². The van der Waals surface area contributed by atoms with E-state index in [1.54, 1.807) is 0 Å². The third kappa shape index (κ3) is 3.17. The van der Waals surface area contributed by atoms with E-state index in [4.69, 9.17) is 9.15 Å². The van der Waals surface area contributed by atoms with Crippen LogP contribution in [-0.2, 0) is 4.74 Å². The second kappa shape index (κ2) is 7.29. The van der Waals surface area contributed by atoms with Gasteiger partial charge in [0.05, 0.1) is 11.7 Å². The average molecular weight is 416 g/mol. The second-order valence-electron chi connectivity index (χ2n) is 7.29. The Hall–Kier alpha value is -3.11. The van der Waals surface area contributed by atoms with Crippen LogP contribution in [0.1, 0.15) is 18.6 Å². The standard InChI is InChI=1S/C21H20O9/c1-8-17(25)19(27)20(28)21(29-8)16-12(24)7-14-15(18(16)26)11(23)6-13(30-14)9-2-4-10(22)5-3-9/h2-8,17,19-22,24-28H,1H3/t8?,17-,19-,20?,21-/m0/s1. The zero-order valence-electron chi connectivity index (χ0n) is 15.8. The van der Waals surface area contributed by atoms with Crippen molar-refractivity contribution in [3.8, 4) is 28.6 Å². The lowest BCUT2D eigenvalue weighted by atomic mass is 9.90. The molecule has 30 heavy (non-hydrogen) atoms. The average Bonchev–Trinajstić information content (AvgIpc) is 2.70. The number of aromatic hydroxyl groups is 3. The fraction of sp³-hybridized carbons (Fsp3) is 0.286. The molecule has 9 nitrogen and oxygen atoms in total. The summed E-state index contributed by atoms with van der Waals surface area (Å²) in [7, 11) is 0. The number of phenols is 3. The van der Waals surface area contributed by atoms with E-state index in [1.165, 1.54) is 31.2 Å². The summed E-state index contributed by atoms with van der Waals surface area (Å²) in [5, 5.41) is 60.6. The highest BCUT2D eigenvalue weighted by Crippen LogP contribution is 2.44. The van der Waals surface area contributed by atoms with Gasteiger partial charge >= 0.3 is 0 Å². The van der Waals surface area contributed by atoms with Crippen molar-refractivity contribution in [2.75, 3.05) is 0 Å². The zero-order valence-corrected chi connectivity index (χ0v) is 15.8. The molecule has 1 aromatic heterocycles. The molecule has 158 valence electrons. The number of aliphatic hydroxyl groups excluding tert-OH is 3. The predicted octanol–water partition coefficient (Wildman–Crippen LogP) is 1.12. The number of fused-ring (bicyclic) bond motifs is 1. The van der Waals surface area contributed by atoms with Crippen LogP contribution in [0.4, 0.5) is 0 Å². The van der Waals surface area contributed by atoms with E-state index in [9.17, 15) is 35.4 Å². The molecule has 2 aromatic carbocycles. The molecule has 2 heterocycles. The van der Waals surface area contributed by atoms with Crippen molar-refractivity contribution in [3.63, 3.8) is 0 Å². The van der Waals surface area contributed by atoms with Gasteiger partial charge in [0, 0.05) is 17.7 Å². The lowest BCUT2D eigenvalue weighted by molar-refractivity contribution is -0.220. The molecule has 1 aliphatic rings. The second-order valence-corrected chi connectivity index (χ2v) is 7.29. The molecule has 1 fully saturated rings. The van der Waals surface area contributed by atoms with Gasteiger partial charge in [-0.2, -0.15) is 0 Å². The van der Waals surface area contributed by atoms with Crippen molar-refractivity contribution in [1.29, 1.82) is 0 Å². The van der Waals surface area contributed by atoms with Crippen molar-refractivity contribution in [3.05, 3.63) is 52.2 Å². The normalized spacial score (nSPS) is 26.7. The lowest BCUT2D eigenvalue weighted by Crippen LogP contribution is -2.53. The van der Waals surface area contributed by atoms with Gasteiger partial charge in [-0.05, 0) is 31.2 Å². The maximum atomic E-state index is 12.7. The van der Waals surface area contributed by atoms with E-state index in [2.05, 4.69) is 0 Å². The topological polar surface area (TPSA) is 161 Å². The van der Waals surface area contributed by atoms with Gasteiger partial charge in [0.1, 0.15) is 58.4 Å². The smallest absolute Gasteiger partial charge is 0.197 e. The van der Waals surface area contributed by atoms with Crippen LogP contribution in [0.3, 0.4) is 0 Å². The number of aliphatic hydroxyl groups is 3. The SMILES string of the molecule is CC1O[C@@H](c2c(O)cc3oc(-c4ccc(O)cc4)cc(=O)c3c2O)C(O)[C@@H](O)[C@H]1O. The number of hydrogen-bond donors (Lipinski definition) is 6. The summed E-state index contributed by atoms with van der Waals surface area (Å²) in [5.41, 5.74) is -0.524. The Kier molecular flexibility index (Phi) is 4.91. The van der Waals surface area contributed by atoms with Crippen LogP contribution in [0.5, 0.6) is 17.2 Å². The molecule has 2 unspecified atom stereocenters. The van der Waals surface area contributed by atoms with Crippen LogP contribution < -0.4 is 5.43 Å². The van der Waals surface area contributed by atoms with Gasteiger partial charge in [-0.3, -0.25) is 4.79 Å². The zero-order chi connectivity index (χ0) is 21.7. The largest absolute Gasteiger partial charge is 0.508 e. The molecule has 6 N–H and O–H groups in total. The van der Waals surface area contributed by atoms with Gasteiger partial charge in [0.25, 0.3) is 0 Å². The minimum Gasteiger partial charge on any atom is -0.508 e. The molecule has 0 amide bonds. The van der Waals surface area contributed by atoms with Crippen molar-refractivity contribution in [1.82, 2.24) is 0 Å². The lowest BCUT2D eigenvalue weighted by Gasteiger charge is -2.39. The van der Waals surface area contributed by atoms with Crippen LogP contribution in [0.25, 0.3) is 22.3 Å². The molecule has 4 rings (SSSR count). The molecule has 0 radical (unpaired) electrons. The van der Waals surface area contributed by atoms with Crippen LogP contribution in [0.15, 0.2) is 45.6 Å². The fourth-order valence-electron chi connectivity index (χ4n) is 3.64. The predicted molar refractivity (Wildman–Crippen MR) is 104 cm³/mol. The Balaban J connectivity index is 1.86. The maximum Gasteiger partial charge on any atom is 0.197 e. The Labute approximate surface area is 169 Å². The quantitative estimate of drug-likeness (QED) is 0.360. The van der Waals surface area contributed by atoms with Gasteiger partial charge in [0.15, 0.2) is 5.43 Å². The number of rotatable bonds is 2. The third-order valence-corrected chi connectivity index (χ3v) is 5.30. The highest BCUT2D eigenvalue weighted by Gasteiger charge is 2.44. The minimum atomic E-state index is -1.66. The summed E-state index contributed by atoms with van der Waals surface area (Å²) in [6.07, 6.45) is -6.90. The molecule has 0 saturated carbocycles. The number of phenolic OH excluding ortho intramolecular Hbond substituents is 3. The number of hydrogen-bond acceptors (Lipinski definition) is 9. The highest BCUT2D eigenvalue weighted by molar-refractivity contribution is 5.88. The van der Waals surface area contributed by atoms with E-state index in [1.807, 2.05) is 0 Å². The summed E-state index contributed by atoms with van der Waals surface area (Å²) in [6.45, 7) is 1.46. The Morgan fingerprint density at radius 3 is 2.23 bits per heavy atom. The maximum absolute atomic E-state index is 12.7. The van der Waals surface area contributed by atoms with Gasteiger partial charge in [-0.15, -0.1) is 0 Å². The number of benzene rings is 2. The summed E-state index contributed by atoms with van der Waals surface area (Å²) in [6, 6.07) is 8.16. The van der Waals surface area contributed by atoms with E-state index < -0.39 is 47.4 Å². The molecule has 1 saturated heterocycles. The van der Waals surface area contributed by atoms with Crippen molar-refractivity contribution >= 4 is 11.0 Å².